The lowest BCUT2D eigenvalue weighted by molar-refractivity contribution is 0.468. The first kappa shape index (κ1) is 11.2. The summed E-state index contributed by atoms with van der Waals surface area (Å²) in [6.07, 6.45) is 1.66. The molecule has 16 heavy (non-hydrogen) atoms. The Labute approximate surface area is 99.6 Å². The Balaban J connectivity index is 2.55. The van der Waals surface area contributed by atoms with Crippen molar-refractivity contribution < 1.29 is 5.11 Å². The van der Waals surface area contributed by atoms with Gasteiger partial charge in [-0.05, 0) is 48.4 Å². The minimum atomic E-state index is 0.336. The van der Waals surface area contributed by atoms with Crippen molar-refractivity contribution in [3.05, 3.63) is 40.9 Å². The van der Waals surface area contributed by atoms with Crippen LogP contribution in [0.4, 0.5) is 0 Å². The van der Waals surface area contributed by atoms with E-state index in [0.717, 1.165) is 29.2 Å². The molecule has 0 aliphatic carbocycles. The number of aromatic hydroxyl groups is 1. The fourth-order valence-corrected chi connectivity index (χ4v) is 2.08. The van der Waals surface area contributed by atoms with E-state index in [0.29, 0.717) is 17.3 Å². The van der Waals surface area contributed by atoms with Crippen LogP contribution in [-0.2, 0) is 6.42 Å². The van der Waals surface area contributed by atoms with E-state index in [1.54, 1.807) is 6.07 Å². The number of hydrogen-bond acceptors (Lipinski definition) is 2. The standard InChI is InChI=1S/C13H14ClNO/c14-10-4-5-11-9(8-10)3-6-13(16)12(11)2-1-7-15/h3-6,8,16H,1-2,7,15H2. The van der Waals surface area contributed by atoms with Crippen LogP contribution in [0.3, 0.4) is 0 Å². The first-order valence-electron chi connectivity index (χ1n) is 5.32. The molecule has 0 saturated carbocycles. The molecule has 0 aliphatic rings. The SMILES string of the molecule is NCCCc1c(O)ccc2cc(Cl)ccc12. The number of nitrogens with two attached hydrogens (primary N) is 1. The van der Waals surface area contributed by atoms with Crippen LogP contribution in [0.2, 0.25) is 5.02 Å². The van der Waals surface area contributed by atoms with Gasteiger partial charge in [0.05, 0.1) is 0 Å². The van der Waals surface area contributed by atoms with Crippen LogP contribution in [0, 0.1) is 0 Å². The van der Waals surface area contributed by atoms with Gasteiger partial charge in [0.2, 0.25) is 0 Å². The third-order valence-corrected chi connectivity index (χ3v) is 2.93. The maximum absolute atomic E-state index is 9.83. The number of aryl methyl sites for hydroxylation is 1. The Morgan fingerprint density at radius 2 is 2.00 bits per heavy atom. The Hall–Kier alpha value is -1.25. The van der Waals surface area contributed by atoms with E-state index in [4.69, 9.17) is 17.3 Å². The smallest absolute Gasteiger partial charge is 0.119 e. The summed E-state index contributed by atoms with van der Waals surface area (Å²) >= 11 is 5.93. The minimum absolute atomic E-state index is 0.336. The second-order valence-corrected chi connectivity index (χ2v) is 4.26. The summed E-state index contributed by atoms with van der Waals surface area (Å²) in [6, 6.07) is 9.29. The summed E-state index contributed by atoms with van der Waals surface area (Å²) in [5.74, 6) is 0.336. The van der Waals surface area contributed by atoms with Crippen LogP contribution in [0.15, 0.2) is 30.3 Å². The van der Waals surface area contributed by atoms with Crippen molar-refractivity contribution in [3.63, 3.8) is 0 Å². The van der Waals surface area contributed by atoms with Gasteiger partial charge in [-0.1, -0.05) is 23.7 Å². The molecule has 0 radical (unpaired) electrons. The summed E-state index contributed by atoms with van der Waals surface area (Å²) in [6.45, 7) is 0.628. The van der Waals surface area contributed by atoms with Crippen LogP contribution in [0.5, 0.6) is 5.75 Å². The van der Waals surface area contributed by atoms with Gasteiger partial charge >= 0.3 is 0 Å². The van der Waals surface area contributed by atoms with Gasteiger partial charge in [0.25, 0.3) is 0 Å². The molecule has 2 rings (SSSR count). The second-order valence-electron chi connectivity index (χ2n) is 3.82. The molecular formula is C13H14ClNO. The van der Waals surface area contributed by atoms with Crippen LogP contribution in [-0.4, -0.2) is 11.7 Å². The van der Waals surface area contributed by atoms with Gasteiger partial charge < -0.3 is 10.8 Å². The highest BCUT2D eigenvalue weighted by molar-refractivity contribution is 6.31. The number of phenolic OH excluding ortho intramolecular Hbond substituents is 1. The third kappa shape index (κ3) is 2.13. The lowest BCUT2D eigenvalue weighted by Gasteiger charge is -2.08. The number of hydrogen-bond donors (Lipinski definition) is 2. The van der Waals surface area contributed by atoms with Crippen molar-refractivity contribution in [2.24, 2.45) is 5.73 Å². The molecule has 0 atom stereocenters. The quantitative estimate of drug-likeness (QED) is 0.859. The highest BCUT2D eigenvalue weighted by Gasteiger charge is 2.06. The third-order valence-electron chi connectivity index (χ3n) is 2.70. The maximum Gasteiger partial charge on any atom is 0.119 e. The van der Waals surface area contributed by atoms with Gasteiger partial charge in [-0.25, -0.2) is 0 Å². The minimum Gasteiger partial charge on any atom is -0.508 e. The van der Waals surface area contributed by atoms with Crippen molar-refractivity contribution >= 4 is 22.4 Å². The molecule has 3 heteroatoms. The molecule has 0 saturated heterocycles. The van der Waals surface area contributed by atoms with Gasteiger partial charge in [0.15, 0.2) is 0 Å². The fourth-order valence-electron chi connectivity index (χ4n) is 1.90. The molecule has 2 aromatic carbocycles. The molecule has 2 nitrogen and oxygen atoms in total. The molecule has 0 unspecified atom stereocenters. The zero-order valence-electron chi connectivity index (χ0n) is 8.91. The van der Waals surface area contributed by atoms with Gasteiger partial charge in [0, 0.05) is 10.6 Å². The van der Waals surface area contributed by atoms with Crippen molar-refractivity contribution in [3.8, 4) is 5.75 Å². The van der Waals surface area contributed by atoms with E-state index in [2.05, 4.69) is 0 Å². The summed E-state index contributed by atoms with van der Waals surface area (Å²) in [7, 11) is 0. The Morgan fingerprint density at radius 1 is 1.19 bits per heavy atom. The topological polar surface area (TPSA) is 46.2 Å². The maximum atomic E-state index is 9.83. The zero-order chi connectivity index (χ0) is 11.5. The van der Waals surface area contributed by atoms with E-state index in [1.165, 1.54) is 0 Å². The molecule has 3 N–H and O–H groups in total. The fraction of sp³-hybridized carbons (Fsp3) is 0.231. The van der Waals surface area contributed by atoms with Gasteiger partial charge in [0.1, 0.15) is 5.75 Å². The van der Waals surface area contributed by atoms with Gasteiger partial charge in [-0.3, -0.25) is 0 Å². The zero-order valence-corrected chi connectivity index (χ0v) is 9.67. The van der Waals surface area contributed by atoms with Crippen molar-refractivity contribution in [1.29, 1.82) is 0 Å². The molecule has 0 fully saturated rings. The lowest BCUT2D eigenvalue weighted by atomic mass is 10.00. The number of phenols is 1. The van der Waals surface area contributed by atoms with Crippen LogP contribution < -0.4 is 5.73 Å². The molecule has 2 aromatic rings. The Bertz CT molecular complexity index is 511. The lowest BCUT2D eigenvalue weighted by Crippen LogP contribution is -2.00. The van der Waals surface area contributed by atoms with Gasteiger partial charge in [-0.15, -0.1) is 0 Å². The molecule has 0 aromatic heterocycles. The van der Waals surface area contributed by atoms with Crippen molar-refractivity contribution in [2.75, 3.05) is 6.54 Å². The monoisotopic (exact) mass is 235 g/mol. The highest BCUT2D eigenvalue weighted by atomic mass is 35.5. The van der Waals surface area contributed by atoms with Crippen LogP contribution in [0.1, 0.15) is 12.0 Å². The Kier molecular flexibility index (Phi) is 3.32. The largest absolute Gasteiger partial charge is 0.508 e. The second kappa shape index (κ2) is 4.73. The molecule has 84 valence electrons. The first-order valence-corrected chi connectivity index (χ1v) is 5.70. The molecular weight excluding hydrogens is 222 g/mol. The first-order chi connectivity index (χ1) is 7.72. The van der Waals surface area contributed by atoms with Crippen molar-refractivity contribution in [2.45, 2.75) is 12.8 Å². The molecule has 0 spiro atoms. The summed E-state index contributed by atoms with van der Waals surface area (Å²) in [5.41, 5.74) is 6.45. The van der Waals surface area contributed by atoms with E-state index >= 15 is 0 Å². The van der Waals surface area contributed by atoms with E-state index < -0.39 is 0 Å². The summed E-state index contributed by atoms with van der Waals surface area (Å²) in [5, 5.41) is 12.6. The molecule has 0 bridgehead atoms. The predicted molar refractivity (Wildman–Crippen MR) is 68.0 cm³/mol. The predicted octanol–water partition coefficient (Wildman–Crippen LogP) is 3.09. The van der Waals surface area contributed by atoms with E-state index in [1.807, 2.05) is 24.3 Å². The number of rotatable bonds is 3. The number of halogens is 1. The molecule has 0 heterocycles. The van der Waals surface area contributed by atoms with E-state index in [9.17, 15) is 5.11 Å². The highest BCUT2D eigenvalue weighted by Crippen LogP contribution is 2.29. The van der Waals surface area contributed by atoms with Crippen molar-refractivity contribution in [1.82, 2.24) is 0 Å². The normalized spacial score (nSPS) is 10.9. The van der Waals surface area contributed by atoms with Gasteiger partial charge in [-0.2, -0.15) is 0 Å². The number of fused-ring (bicyclic) bond motifs is 1. The molecule has 0 amide bonds. The number of benzene rings is 2. The van der Waals surface area contributed by atoms with Crippen LogP contribution in [0.25, 0.3) is 10.8 Å². The van der Waals surface area contributed by atoms with Crippen LogP contribution >= 0.6 is 11.6 Å². The average molecular weight is 236 g/mol. The summed E-state index contributed by atoms with van der Waals surface area (Å²) < 4.78 is 0. The average Bonchev–Trinajstić information content (AvgIpc) is 2.28. The summed E-state index contributed by atoms with van der Waals surface area (Å²) in [4.78, 5) is 0. The Morgan fingerprint density at radius 3 is 2.75 bits per heavy atom. The molecule has 0 aliphatic heterocycles. The van der Waals surface area contributed by atoms with E-state index in [-0.39, 0.29) is 0 Å².